The van der Waals surface area contributed by atoms with Crippen LogP contribution in [0.5, 0.6) is 0 Å². The Morgan fingerprint density at radius 3 is 2.35 bits per heavy atom. The van der Waals surface area contributed by atoms with E-state index in [1.54, 1.807) is 0 Å². The summed E-state index contributed by atoms with van der Waals surface area (Å²) in [6.45, 7) is 4.54. The average molecular weight is 383 g/mol. The van der Waals surface area contributed by atoms with Gasteiger partial charge in [-0.25, -0.2) is 0 Å². The standard InChI is InChI=1S/C12H15Br2ClN2/c13-10-7-9(15)8-11(14)12(10)16-3-6-17-4-1-2-5-17/h7-8,16H,1-6H2. The maximum absolute atomic E-state index is 5.96. The highest BCUT2D eigenvalue weighted by Gasteiger charge is 2.11. The lowest BCUT2D eigenvalue weighted by atomic mass is 10.3. The van der Waals surface area contributed by atoms with E-state index in [2.05, 4.69) is 42.1 Å². The molecule has 1 aromatic rings. The molecule has 2 rings (SSSR count). The van der Waals surface area contributed by atoms with Gasteiger partial charge in [0.05, 0.1) is 5.69 Å². The summed E-state index contributed by atoms with van der Waals surface area (Å²) in [5, 5.41) is 4.17. The highest BCUT2D eigenvalue weighted by Crippen LogP contribution is 2.34. The number of halogens is 3. The van der Waals surface area contributed by atoms with Crippen molar-refractivity contribution in [1.29, 1.82) is 0 Å². The first kappa shape index (κ1) is 13.7. The van der Waals surface area contributed by atoms with E-state index in [9.17, 15) is 0 Å². The Morgan fingerprint density at radius 1 is 1.18 bits per heavy atom. The van der Waals surface area contributed by atoms with Crippen LogP contribution in [0, 0.1) is 0 Å². The summed E-state index contributed by atoms with van der Waals surface area (Å²) in [5.74, 6) is 0. The second-order valence-electron chi connectivity index (χ2n) is 4.22. The van der Waals surface area contributed by atoms with Crippen LogP contribution >= 0.6 is 43.5 Å². The predicted octanol–water partition coefficient (Wildman–Crippen LogP) is 4.37. The minimum Gasteiger partial charge on any atom is -0.382 e. The summed E-state index contributed by atoms with van der Waals surface area (Å²) in [4.78, 5) is 2.49. The SMILES string of the molecule is Clc1cc(Br)c(NCCN2CCCC2)c(Br)c1. The molecule has 17 heavy (non-hydrogen) atoms. The summed E-state index contributed by atoms with van der Waals surface area (Å²) in [7, 11) is 0. The van der Waals surface area contributed by atoms with Gasteiger partial charge in [0.15, 0.2) is 0 Å². The Hall–Kier alpha value is 0.230. The maximum atomic E-state index is 5.96. The Bertz CT molecular complexity index is 369. The molecule has 1 saturated heterocycles. The molecule has 94 valence electrons. The molecule has 1 aliphatic rings. The number of rotatable bonds is 4. The fourth-order valence-electron chi connectivity index (χ4n) is 2.06. The topological polar surface area (TPSA) is 15.3 Å². The van der Waals surface area contributed by atoms with Crippen LogP contribution in [0.15, 0.2) is 21.1 Å². The van der Waals surface area contributed by atoms with Crippen molar-refractivity contribution in [3.63, 3.8) is 0 Å². The Kier molecular flexibility index (Phi) is 5.15. The largest absolute Gasteiger partial charge is 0.382 e. The van der Waals surface area contributed by atoms with E-state index in [4.69, 9.17) is 11.6 Å². The van der Waals surface area contributed by atoms with Gasteiger partial charge in [-0.2, -0.15) is 0 Å². The van der Waals surface area contributed by atoms with Crippen LogP contribution in [-0.2, 0) is 0 Å². The van der Waals surface area contributed by atoms with E-state index < -0.39 is 0 Å². The average Bonchev–Trinajstić information content (AvgIpc) is 2.74. The molecule has 0 saturated carbocycles. The van der Waals surface area contributed by atoms with Crippen molar-refractivity contribution >= 4 is 49.1 Å². The Balaban J connectivity index is 1.89. The van der Waals surface area contributed by atoms with Crippen molar-refractivity contribution in [1.82, 2.24) is 4.90 Å². The molecule has 0 unspecified atom stereocenters. The van der Waals surface area contributed by atoms with Gasteiger partial charge in [0, 0.05) is 27.1 Å². The van der Waals surface area contributed by atoms with Gasteiger partial charge in [-0.1, -0.05) is 11.6 Å². The summed E-state index contributed by atoms with van der Waals surface area (Å²) in [6, 6.07) is 3.81. The van der Waals surface area contributed by atoms with Gasteiger partial charge in [0.1, 0.15) is 0 Å². The van der Waals surface area contributed by atoms with Crippen molar-refractivity contribution < 1.29 is 0 Å². The maximum Gasteiger partial charge on any atom is 0.0630 e. The molecule has 0 amide bonds. The number of hydrogen-bond donors (Lipinski definition) is 1. The van der Waals surface area contributed by atoms with E-state index in [0.717, 1.165) is 32.7 Å². The fraction of sp³-hybridized carbons (Fsp3) is 0.500. The molecule has 1 aliphatic heterocycles. The van der Waals surface area contributed by atoms with Crippen LogP contribution in [0.1, 0.15) is 12.8 Å². The molecule has 0 bridgehead atoms. The quantitative estimate of drug-likeness (QED) is 0.832. The van der Waals surface area contributed by atoms with Crippen molar-refractivity contribution in [3.05, 3.63) is 26.1 Å². The zero-order valence-electron chi connectivity index (χ0n) is 9.48. The van der Waals surface area contributed by atoms with Gasteiger partial charge in [-0.3, -0.25) is 0 Å². The van der Waals surface area contributed by atoms with Gasteiger partial charge >= 0.3 is 0 Å². The third kappa shape index (κ3) is 3.85. The number of nitrogens with one attached hydrogen (secondary N) is 1. The molecular formula is C12H15Br2ClN2. The second-order valence-corrected chi connectivity index (χ2v) is 6.37. The highest BCUT2D eigenvalue weighted by molar-refractivity contribution is 9.11. The van der Waals surface area contributed by atoms with Crippen LogP contribution in [0.3, 0.4) is 0 Å². The Labute approximate surface area is 124 Å². The molecule has 0 aromatic heterocycles. The van der Waals surface area contributed by atoms with Gasteiger partial charge in [-0.05, 0) is 69.9 Å². The monoisotopic (exact) mass is 380 g/mol. The smallest absolute Gasteiger partial charge is 0.0630 e. The normalized spacial score (nSPS) is 16.4. The van der Waals surface area contributed by atoms with Gasteiger partial charge in [0.25, 0.3) is 0 Å². The summed E-state index contributed by atoms with van der Waals surface area (Å²) in [5.41, 5.74) is 1.08. The molecule has 0 radical (unpaired) electrons. The van der Waals surface area contributed by atoms with E-state index in [1.807, 2.05) is 12.1 Å². The molecule has 2 nitrogen and oxygen atoms in total. The first-order valence-electron chi connectivity index (χ1n) is 5.77. The third-order valence-electron chi connectivity index (χ3n) is 2.94. The predicted molar refractivity (Wildman–Crippen MR) is 81.0 cm³/mol. The first-order valence-corrected chi connectivity index (χ1v) is 7.74. The van der Waals surface area contributed by atoms with E-state index in [-0.39, 0.29) is 0 Å². The van der Waals surface area contributed by atoms with Crippen LogP contribution in [0.2, 0.25) is 5.02 Å². The van der Waals surface area contributed by atoms with Crippen LogP contribution in [0.4, 0.5) is 5.69 Å². The molecule has 1 fully saturated rings. The van der Waals surface area contributed by atoms with Crippen molar-refractivity contribution in [3.8, 4) is 0 Å². The van der Waals surface area contributed by atoms with Gasteiger partial charge < -0.3 is 10.2 Å². The number of likely N-dealkylation sites (tertiary alicyclic amines) is 1. The molecule has 0 spiro atoms. The number of anilines is 1. The Morgan fingerprint density at radius 2 is 1.76 bits per heavy atom. The molecule has 1 heterocycles. The molecule has 0 atom stereocenters. The van der Waals surface area contributed by atoms with Crippen molar-refractivity contribution in [2.24, 2.45) is 0 Å². The van der Waals surface area contributed by atoms with E-state index in [0.29, 0.717) is 0 Å². The molecule has 0 aliphatic carbocycles. The fourth-order valence-corrected chi connectivity index (χ4v) is 4.00. The van der Waals surface area contributed by atoms with Crippen LogP contribution in [0.25, 0.3) is 0 Å². The molecular weight excluding hydrogens is 367 g/mol. The lowest BCUT2D eigenvalue weighted by Crippen LogP contribution is -2.26. The van der Waals surface area contributed by atoms with Gasteiger partial charge in [-0.15, -0.1) is 0 Å². The lowest BCUT2D eigenvalue weighted by molar-refractivity contribution is 0.352. The lowest BCUT2D eigenvalue weighted by Gasteiger charge is -2.16. The second kappa shape index (κ2) is 6.41. The van der Waals surface area contributed by atoms with Gasteiger partial charge in [0.2, 0.25) is 0 Å². The van der Waals surface area contributed by atoms with Crippen molar-refractivity contribution in [2.75, 3.05) is 31.5 Å². The van der Waals surface area contributed by atoms with Crippen LogP contribution < -0.4 is 5.32 Å². The summed E-state index contributed by atoms with van der Waals surface area (Å²) in [6.07, 6.45) is 2.68. The zero-order chi connectivity index (χ0) is 12.3. The molecule has 1 aromatic carbocycles. The van der Waals surface area contributed by atoms with Crippen LogP contribution in [-0.4, -0.2) is 31.1 Å². The molecule has 5 heteroatoms. The molecule has 1 N–H and O–H groups in total. The highest BCUT2D eigenvalue weighted by atomic mass is 79.9. The zero-order valence-corrected chi connectivity index (χ0v) is 13.4. The minimum absolute atomic E-state index is 0.730. The first-order chi connectivity index (χ1) is 8.16. The number of benzene rings is 1. The summed E-state index contributed by atoms with van der Waals surface area (Å²) < 4.78 is 2.00. The van der Waals surface area contributed by atoms with Crippen molar-refractivity contribution in [2.45, 2.75) is 12.8 Å². The number of hydrogen-bond acceptors (Lipinski definition) is 2. The third-order valence-corrected chi connectivity index (χ3v) is 4.40. The number of nitrogens with zero attached hydrogens (tertiary/aromatic N) is 1. The minimum atomic E-state index is 0.730. The summed E-state index contributed by atoms with van der Waals surface area (Å²) >= 11 is 13.0. The van der Waals surface area contributed by atoms with E-state index in [1.165, 1.54) is 25.9 Å². The van der Waals surface area contributed by atoms with E-state index >= 15 is 0 Å².